The molecule has 0 saturated heterocycles. The number of carbonyl (C=O) groups is 1. The fraction of sp³-hybridized carbons (Fsp3) is 0.333. The van der Waals surface area contributed by atoms with Crippen molar-refractivity contribution in [2.24, 2.45) is 0 Å². The smallest absolute Gasteiger partial charge is 0.469 e. The quantitative estimate of drug-likeness (QED) is 0.477. The molecule has 0 aromatic heterocycles. The average Bonchev–Trinajstić information content (AvgIpc) is 3.12. The summed E-state index contributed by atoms with van der Waals surface area (Å²) in [5.41, 5.74) is 3.19. The van der Waals surface area contributed by atoms with E-state index in [1.54, 1.807) is 24.3 Å². The molecule has 3 N–H and O–H groups in total. The highest BCUT2D eigenvalue weighted by Gasteiger charge is 2.33. The normalized spacial score (nSPS) is 17.1. The van der Waals surface area contributed by atoms with Crippen LogP contribution in [0.4, 0.5) is 0 Å². The number of nitriles is 1. The first kappa shape index (κ1) is 20.1. The summed E-state index contributed by atoms with van der Waals surface area (Å²) in [5, 5.41) is 32.0. The van der Waals surface area contributed by atoms with Gasteiger partial charge in [0.1, 0.15) is 12.0 Å². The van der Waals surface area contributed by atoms with Gasteiger partial charge in [0.15, 0.2) is 0 Å². The van der Waals surface area contributed by atoms with Crippen molar-refractivity contribution in [3.63, 3.8) is 0 Å². The highest BCUT2D eigenvalue weighted by Crippen LogP contribution is 2.38. The van der Waals surface area contributed by atoms with E-state index in [4.69, 9.17) is 4.74 Å². The van der Waals surface area contributed by atoms with Crippen LogP contribution in [0.1, 0.15) is 40.5 Å². The van der Waals surface area contributed by atoms with Gasteiger partial charge in [-0.2, -0.15) is 5.26 Å². The molecule has 6 nitrogen and oxygen atoms in total. The maximum Gasteiger partial charge on any atom is 0.469 e. The van der Waals surface area contributed by atoms with Gasteiger partial charge < -0.3 is 24.9 Å². The van der Waals surface area contributed by atoms with Crippen LogP contribution < -0.4 is 10.1 Å². The first-order valence-corrected chi connectivity index (χ1v) is 9.31. The second kappa shape index (κ2) is 9.02. The lowest BCUT2D eigenvalue weighted by Gasteiger charge is -2.23. The lowest BCUT2D eigenvalue weighted by Crippen LogP contribution is -2.46. The van der Waals surface area contributed by atoms with E-state index in [9.17, 15) is 20.1 Å². The molecule has 28 heavy (non-hydrogen) atoms. The number of nitrogens with zero attached hydrogens (tertiary/aromatic N) is 1. The molecule has 3 rings (SSSR count). The topological polar surface area (TPSA) is 103 Å². The van der Waals surface area contributed by atoms with E-state index < -0.39 is 19.0 Å². The van der Waals surface area contributed by atoms with Crippen molar-refractivity contribution in [1.29, 1.82) is 5.26 Å². The minimum absolute atomic E-state index is 0.0373. The Morgan fingerprint density at radius 1 is 1.32 bits per heavy atom. The van der Waals surface area contributed by atoms with Crippen molar-refractivity contribution in [3.8, 4) is 11.8 Å². The van der Waals surface area contributed by atoms with E-state index >= 15 is 0 Å². The van der Waals surface area contributed by atoms with Crippen LogP contribution in [0.25, 0.3) is 0 Å². The number of ether oxygens (including phenoxy) is 1. The maximum absolute atomic E-state index is 11.6. The molecule has 0 aliphatic carbocycles. The standard InChI is InChI=1S/C21H23BN2O4/c1-14-5-4-8-19-16(13-28-21(14)19)9-20(22(26)27)24-11-17(12-25)18-7-3-2-6-15(18)10-23/h2-8,12,16-17,20,24,26-27H,9,11,13H2,1H3/t16-,17?,20+/m1/s1. The first-order valence-electron chi connectivity index (χ1n) is 9.31. The molecule has 144 valence electrons. The fourth-order valence-electron chi connectivity index (χ4n) is 3.71. The Bertz CT molecular complexity index is 881. The SMILES string of the molecule is Cc1cccc2c1OC[C@H]2C[C@H](NCC(C=O)c1ccccc1C#N)B(O)O. The van der Waals surface area contributed by atoms with E-state index in [0.29, 0.717) is 24.2 Å². The number of hydrogen-bond donors (Lipinski definition) is 3. The van der Waals surface area contributed by atoms with Gasteiger partial charge in [-0.1, -0.05) is 36.4 Å². The summed E-state index contributed by atoms with van der Waals surface area (Å²) in [5.74, 6) is -0.272. The van der Waals surface area contributed by atoms with E-state index in [0.717, 1.165) is 23.2 Å². The lowest BCUT2D eigenvalue weighted by molar-refractivity contribution is -0.109. The predicted molar refractivity (Wildman–Crippen MR) is 106 cm³/mol. The Morgan fingerprint density at radius 2 is 2.11 bits per heavy atom. The number of fused-ring (bicyclic) bond motifs is 1. The summed E-state index contributed by atoms with van der Waals surface area (Å²) in [6.45, 7) is 2.68. The largest absolute Gasteiger partial charge is 0.492 e. The summed E-state index contributed by atoms with van der Waals surface area (Å²) >= 11 is 0. The molecule has 0 fully saturated rings. The number of rotatable bonds is 8. The molecule has 1 heterocycles. The minimum Gasteiger partial charge on any atom is -0.492 e. The van der Waals surface area contributed by atoms with Crippen LogP contribution in [-0.2, 0) is 4.79 Å². The van der Waals surface area contributed by atoms with Gasteiger partial charge in [-0.25, -0.2) is 0 Å². The van der Waals surface area contributed by atoms with Crippen molar-refractivity contribution >= 4 is 13.4 Å². The Balaban J connectivity index is 1.70. The van der Waals surface area contributed by atoms with Gasteiger partial charge in [-0.15, -0.1) is 0 Å². The van der Waals surface area contributed by atoms with E-state index in [1.807, 2.05) is 25.1 Å². The molecule has 7 heteroatoms. The van der Waals surface area contributed by atoms with Gasteiger partial charge in [0, 0.05) is 24.0 Å². The number of nitrogens with one attached hydrogen (secondary N) is 1. The van der Waals surface area contributed by atoms with Crippen LogP contribution in [-0.4, -0.2) is 42.5 Å². The molecule has 1 aliphatic heterocycles. The van der Waals surface area contributed by atoms with Crippen molar-refractivity contribution < 1.29 is 19.6 Å². The van der Waals surface area contributed by atoms with Crippen LogP contribution >= 0.6 is 0 Å². The Labute approximate surface area is 164 Å². The van der Waals surface area contributed by atoms with Gasteiger partial charge in [-0.3, -0.25) is 0 Å². The molecule has 3 atom stereocenters. The predicted octanol–water partition coefficient (Wildman–Crippen LogP) is 1.69. The monoisotopic (exact) mass is 378 g/mol. The maximum atomic E-state index is 11.6. The highest BCUT2D eigenvalue weighted by molar-refractivity contribution is 6.43. The number of para-hydroxylation sites is 1. The number of carbonyl (C=O) groups excluding carboxylic acids is 1. The van der Waals surface area contributed by atoms with E-state index in [1.165, 1.54) is 0 Å². The van der Waals surface area contributed by atoms with Crippen LogP contribution in [0.5, 0.6) is 5.75 Å². The number of aldehydes is 1. The third kappa shape index (κ3) is 4.25. The summed E-state index contributed by atoms with van der Waals surface area (Å²) in [6, 6.07) is 15.0. The molecule has 0 spiro atoms. The molecular formula is C21H23BN2O4. The molecule has 0 saturated carbocycles. The van der Waals surface area contributed by atoms with E-state index in [-0.39, 0.29) is 12.5 Å². The third-order valence-corrected chi connectivity index (χ3v) is 5.25. The molecule has 0 radical (unpaired) electrons. The zero-order valence-corrected chi connectivity index (χ0v) is 15.7. The summed E-state index contributed by atoms with van der Waals surface area (Å²) in [4.78, 5) is 11.6. The summed E-state index contributed by atoms with van der Waals surface area (Å²) in [7, 11) is -1.58. The molecule has 0 amide bonds. The van der Waals surface area contributed by atoms with E-state index in [2.05, 4.69) is 11.4 Å². The zero-order chi connectivity index (χ0) is 20.1. The molecule has 1 unspecified atom stereocenters. The lowest BCUT2D eigenvalue weighted by atomic mass is 9.73. The molecular weight excluding hydrogens is 355 g/mol. The third-order valence-electron chi connectivity index (χ3n) is 5.25. The van der Waals surface area contributed by atoms with Gasteiger partial charge >= 0.3 is 7.12 Å². The number of aryl methyl sites for hydroxylation is 1. The van der Waals surface area contributed by atoms with Crippen LogP contribution in [0.2, 0.25) is 0 Å². The van der Waals surface area contributed by atoms with Crippen LogP contribution in [0, 0.1) is 18.3 Å². The van der Waals surface area contributed by atoms with Gasteiger partial charge in [0.25, 0.3) is 0 Å². The van der Waals surface area contributed by atoms with Crippen molar-refractivity contribution in [1.82, 2.24) is 5.32 Å². The summed E-state index contributed by atoms with van der Waals surface area (Å²) in [6.07, 6.45) is 1.24. The molecule has 2 aromatic rings. The van der Waals surface area contributed by atoms with Crippen molar-refractivity contribution in [3.05, 3.63) is 64.7 Å². The Kier molecular flexibility index (Phi) is 6.47. The van der Waals surface area contributed by atoms with Crippen LogP contribution in [0.3, 0.4) is 0 Å². The molecule has 1 aliphatic rings. The number of hydrogen-bond acceptors (Lipinski definition) is 6. The fourth-order valence-corrected chi connectivity index (χ4v) is 3.71. The zero-order valence-electron chi connectivity index (χ0n) is 15.7. The highest BCUT2D eigenvalue weighted by atomic mass is 16.5. The van der Waals surface area contributed by atoms with Crippen molar-refractivity contribution in [2.75, 3.05) is 13.2 Å². The summed E-state index contributed by atoms with van der Waals surface area (Å²) < 4.78 is 5.79. The second-order valence-electron chi connectivity index (χ2n) is 7.11. The minimum atomic E-state index is -1.58. The Morgan fingerprint density at radius 3 is 2.82 bits per heavy atom. The first-order chi connectivity index (χ1) is 13.5. The van der Waals surface area contributed by atoms with Crippen molar-refractivity contribution in [2.45, 2.75) is 31.1 Å². The van der Waals surface area contributed by atoms with Gasteiger partial charge in [-0.05, 0) is 30.5 Å². The molecule has 2 aromatic carbocycles. The van der Waals surface area contributed by atoms with Gasteiger partial charge in [0.05, 0.1) is 24.2 Å². The average molecular weight is 378 g/mol. The molecule has 0 bridgehead atoms. The van der Waals surface area contributed by atoms with Gasteiger partial charge in [0.2, 0.25) is 0 Å². The Hall–Kier alpha value is -2.66. The van der Waals surface area contributed by atoms with Crippen LogP contribution in [0.15, 0.2) is 42.5 Å². The number of benzene rings is 2. The second-order valence-corrected chi connectivity index (χ2v) is 7.11.